The lowest BCUT2D eigenvalue weighted by Gasteiger charge is -2.34. The molecule has 244 valence electrons. The summed E-state index contributed by atoms with van der Waals surface area (Å²) < 4.78 is 8.22. The molecule has 6 aromatic rings. The third kappa shape index (κ3) is 5.18. The Bertz CT molecular complexity index is 2340. The zero-order valence-corrected chi connectivity index (χ0v) is 28.7. The zero-order valence-electron chi connectivity index (χ0n) is 27.1. The number of aryl methyl sites for hydroxylation is 1. The van der Waals surface area contributed by atoms with Gasteiger partial charge >= 0.3 is 0 Å². The second kappa shape index (κ2) is 13.2. The van der Waals surface area contributed by atoms with Gasteiger partial charge in [0.2, 0.25) is 5.82 Å². The largest absolute Gasteiger partial charge is 0.472 e. The van der Waals surface area contributed by atoms with E-state index in [1.807, 2.05) is 85.8 Å². The van der Waals surface area contributed by atoms with E-state index in [-0.39, 0.29) is 5.56 Å². The van der Waals surface area contributed by atoms with E-state index in [0.717, 1.165) is 54.5 Å². The number of fused-ring (bicyclic) bond motifs is 1. The summed E-state index contributed by atoms with van der Waals surface area (Å²) in [7, 11) is 0. The van der Waals surface area contributed by atoms with Gasteiger partial charge in [0, 0.05) is 39.8 Å². The van der Waals surface area contributed by atoms with E-state index in [2.05, 4.69) is 63.4 Å². The summed E-state index contributed by atoms with van der Waals surface area (Å²) in [6.45, 7) is 2.33. The Kier molecular flexibility index (Phi) is 8.26. The van der Waals surface area contributed by atoms with Crippen LogP contribution in [0.15, 0.2) is 160 Å². The number of aromatic nitrogens is 6. The van der Waals surface area contributed by atoms with Crippen molar-refractivity contribution >= 4 is 15.9 Å². The monoisotopic (exact) mass is 718 g/mol. The lowest BCUT2D eigenvalue weighted by atomic mass is 9.77. The molecular weight excluding hydrogens is 688 g/mol. The van der Waals surface area contributed by atoms with Gasteiger partial charge in [-0.1, -0.05) is 122 Å². The normalized spacial score (nSPS) is 11.6. The van der Waals surface area contributed by atoms with Gasteiger partial charge in [0.1, 0.15) is 5.82 Å². The molecule has 0 amide bonds. The number of rotatable bonds is 9. The van der Waals surface area contributed by atoms with E-state index < -0.39 is 5.54 Å². The highest BCUT2D eigenvalue weighted by Gasteiger charge is 2.41. The van der Waals surface area contributed by atoms with Crippen molar-refractivity contribution in [2.24, 2.45) is 0 Å². The number of hydrogen-bond acceptors (Lipinski definition) is 6. The molecule has 4 aromatic carbocycles. The van der Waals surface area contributed by atoms with E-state index in [0.29, 0.717) is 24.6 Å². The molecule has 9 heteroatoms. The third-order valence-electron chi connectivity index (χ3n) is 9.25. The van der Waals surface area contributed by atoms with Crippen LogP contribution in [0.1, 0.15) is 35.0 Å². The standard InChI is InChI=1S/C41H31BrN6O2/c1-2-36-43-24-22-37(49)47(36)26-34-31-23-25-50-27-35(31)39(42)38(34)32-20-12-13-21-33(32)40-44-46-48(45-40)41(28-14-6-3-7-15-28,29-16-8-4-9-17-29)30-18-10-5-11-19-30/h3-25,27H,2,26H2,1H3. The van der Waals surface area contributed by atoms with Crippen molar-refractivity contribution in [3.8, 4) is 33.6 Å². The van der Waals surface area contributed by atoms with Crippen LogP contribution < -0.4 is 5.56 Å². The van der Waals surface area contributed by atoms with Crippen LogP contribution in [0.25, 0.3) is 33.6 Å². The molecule has 0 spiro atoms. The van der Waals surface area contributed by atoms with Crippen LogP contribution in [0.3, 0.4) is 0 Å². The van der Waals surface area contributed by atoms with Gasteiger partial charge in [-0.25, -0.2) is 4.98 Å². The first-order valence-electron chi connectivity index (χ1n) is 16.4. The van der Waals surface area contributed by atoms with Crippen LogP contribution in [0.2, 0.25) is 0 Å². The first kappa shape index (κ1) is 31.3. The van der Waals surface area contributed by atoms with Crippen molar-refractivity contribution in [2.75, 3.05) is 0 Å². The van der Waals surface area contributed by atoms with Crippen molar-refractivity contribution in [3.63, 3.8) is 0 Å². The van der Waals surface area contributed by atoms with Crippen molar-refractivity contribution in [1.82, 2.24) is 29.8 Å². The lowest BCUT2D eigenvalue weighted by Crippen LogP contribution is -2.39. The molecule has 2 aliphatic rings. The van der Waals surface area contributed by atoms with Crippen LogP contribution >= 0.6 is 15.9 Å². The van der Waals surface area contributed by atoms with Gasteiger partial charge in [-0.2, -0.15) is 0 Å². The summed E-state index contributed by atoms with van der Waals surface area (Å²) in [5, 5.41) is 14.8. The minimum absolute atomic E-state index is 0.106. The second-order valence-electron chi connectivity index (χ2n) is 11.9. The molecule has 0 bridgehead atoms. The number of nitrogens with zero attached hydrogens (tertiary/aromatic N) is 6. The van der Waals surface area contributed by atoms with Gasteiger partial charge in [-0.15, -0.1) is 15.0 Å². The maximum Gasteiger partial charge on any atom is 0.253 e. The molecule has 0 N–H and O–H groups in total. The van der Waals surface area contributed by atoms with Crippen molar-refractivity contribution < 1.29 is 4.42 Å². The summed E-state index contributed by atoms with van der Waals surface area (Å²) in [6.07, 6.45) is 5.58. The molecule has 1 aliphatic carbocycles. The molecule has 0 unspecified atom stereocenters. The first-order chi connectivity index (χ1) is 24.6. The van der Waals surface area contributed by atoms with E-state index in [1.54, 1.807) is 28.1 Å². The molecule has 0 atom stereocenters. The Morgan fingerprint density at radius 2 is 1.32 bits per heavy atom. The van der Waals surface area contributed by atoms with E-state index >= 15 is 0 Å². The van der Waals surface area contributed by atoms with Crippen molar-refractivity contribution in [2.45, 2.75) is 25.4 Å². The Morgan fingerprint density at radius 1 is 0.720 bits per heavy atom. The molecule has 2 aromatic heterocycles. The van der Waals surface area contributed by atoms with Gasteiger partial charge < -0.3 is 4.42 Å². The predicted octanol–water partition coefficient (Wildman–Crippen LogP) is 8.48. The van der Waals surface area contributed by atoms with Crippen LogP contribution in [0.4, 0.5) is 0 Å². The fourth-order valence-electron chi connectivity index (χ4n) is 6.98. The molecule has 8 nitrogen and oxygen atoms in total. The highest BCUT2D eigenvalue weighted by Crippen LogP contribution is 2.48. The van der Waals surface area contributed by atoms with Crippen molar-refractivity contribution in [3.05, 3.63) is 189 Å². The van der Waals surface area contributed by atoms with Crippen LogP contribution in [0, 0.1) is 0 Å². The number of benzene rings is 4. The second-order valence-corrected chi connectivity index (χ2v) is 12.7. The fourth-order valence-corrected chi connectivity index (χ4v) is 7.74. The average molecular weight is 720 g/mol. The molecular formula is C41H31BrN6O2. The number of tetrazole rings is 1. The smallest absolute Gasteiger partial charge is 0.253 e. The molecule has 1 aliphatic heterocycles. The van der Waals surface area contributed by atoms with Gasteiger partial charge in [0.05, 0.1) is 19.1 Å². The van der Waals surface area contributed by atoms with E-state index in [9.17, 15) is 4.79 Å². The minimum Gasteiger partial charge on any atom is -0.472 e. The molecule has 50 heavy (non-hydrogen) atoms. The highest BCUT2D eigenvalue weighted by atomic mass is 79.9. The summed E-state index contributed by atoms with van der Waals surface area (Å²) >= 11 is 3.92. The Labute approximate surface area is 297 Å². The third-order valence-corrected chi connectivity index (χ3v) is 10.1. The lowest BCUT2D eigenvalue weighted by molar-refractivity contribution is 0.396. The molecule has 0 radical (unpaired) electrons. The number of halogens is 1. The Balaban J connectivity index is 1.35. The number of hydrogen-bond donors (Lipinski definition) is 0. The molecule has 0 fully saturated rings. The summed E-state index contributed by atoms with van der Waals surface area (Å²) in [5.41, 5.74) is 7.42. The maximum absolute atomic E-state index is 13.2. The highest BCUT2D eigenvalue weighted by molar-refractivity contribution is 9.10. The van der Waals surface area contributed by atoms with Gasteiger partial charge in [-0.3, -0.25) is 9.36 Å². The van der Waals surface area contributed by atoms with E-state index in [4.69, 9.17) is 19.8 Å². The summed E-state index contributed by atoms with van der Waals surface area (Å²) in [6, 6.07) is 42.3. The molecule has 0 saturated heterocycles. The Morgan fingerprint density at radius 3 is 1.94 bits per heavy atom. The SMILES string of the molecule is CCc1nccc(=O)n1Cc1c2ccocc-2c(Br)c1-c1ccccc1-c1nnn(C(c2ccccc2)(c2ccccc2)c2ccccc2)n1. The molecule has 3 heterocycles. The summed E-state index contributed by atoms with van der Waals surface area (Å²) in [4.78, 5) is 19.4. The maximum atomic E-state index is 13.2. The molecule has 8 rings (SSSR count). The van der Waals surface area contributed by atoms with Crippen LogP contribution in [0.5, 0.6) is 0 Å². The topological polar surface area (TPSA) is 91.6 Å². The molecule has 0 saturated carbocycles. The quantitative estimate of drug-likeness (QED) is 0.139. The average Bonchev–Trinajstić information content (AvgIpc) is 3.77. The van der Waals surface area contributed by atoms with E-state index in [1.165, 1.54) is 6.07 Å². The first-order valence-corrected chi connectivity index (χ1v) is 17.2. The van der Waals surface area contributed by atoms with Gasteiger partial charge in [0.25, 0.3) is 5.56 Å². The Hall–Kier alpha value is -5.93. The van der Waals surface area contributed by atoms with Crippen LogP contribution in [-0.4, -0.2) is 29.8 Å². The fraction of sp³-hybridized carbons (Fsp3) is 0.0976. The van der Waals surface area contributed by atoms with Crippen LogP contribution in [-0.2, 0) is 18.5 Å². The van der Waals surface area contributed by atoms with Gasteiger partial charge in [0.15, 0.2) is 5.54 Å². The predicted molar refractivity (Wildman–Crippen MR) is 197 cm³/mol. The summed E-state index contributed by atoms with van der Waals surface area (Å²) in [5.74, 6) is 1.18. The zero-order chi connectivity index (χ0) is 34.1. The van der Waals surface area contributed by atoms with Crippen molar-refractivity contribution in [1.29, 1.82) is 0 Å². The van der Waals surface area contributed by atoms with Gasteiger partial charge in [-0.05, 0) is 60.6 Å². The minimum atomic E-state index is -0.912.